The number of carboxylic acids is 1. The van der Waals surface area contributed by atoms with Crippen molar-refractivity contribution in [3.8, 4) is 11.3 Å². The summed E-state index contributed by atoms with van der Waals surface area (Å²) >= 11 is 0. The highest BCUT2D eigenvalue weighted by atomic mass is 16.4. The first-order valence-corrected chi connectivity index (χ1v) is 7.72. The summed E-state index contributed by atoms with van der Waals surface area (Å²) in [6.45, 7) is 3.36. The zero-order valence-corrected chi connectivity index (χ0v) is 12.8. The van der Waals surface area contributed by atoms with Gasteiger partial charge in [-0.2, -0.15) is 5.10 Å². The highest BCUT2D eigenvalue weighted by Crippen LogP contribution is 2.21. The number of piperidine rings is 1. The van der Waals surface area contributed by atoms with E-state index in [9.17, 15) is 4.79 Å². The van der Waals surface area contributed by atoms with Gasteiger partial charge < -0.3 is 5.11 Å². The molecule has 1 N–H and O–H groups in total. The summed E-state index contributed by atoms with van der Waals surface area (Å²) in [6, 6.07) is 9.95. The second-order valence-electron chi connectivity index (χ2n) is 5.88. The van der Waals surface area contributed by atoms with E-state index in [0.29, 0.717) is 0 Å². The third-order valence-electron chi connectivity index (χ3n) is 4.20. The summed E-state index contributed by atoms with van der Waals surface area (Å²) in [7, 11) is 1.77. The lowest BCUT2D eigenvalue weighted by Gasteiger charge is -2.26. The van der Waals surface area contributed by atoms with E-state index in [1.165, 1.54) is 37.9 Å². The van der Waals surface area contributed by atoms with Crippen LogP contribution < -0.4 is 0 Å². The number of rotatable bonds is 4. The quantitative estimate of drug-likeness (QED) is 0.943. The van der Waals surface area contributed by atoms with E-state index in [1.54, 1.807) is 17.8 Å². The average Bonchev–Trinajstić information content (AvgIpc) is 2.91. The maximum absolute atomic E-state index is 11.0. The van der Waals surface area contributed by atoms with E-state index in [-0.39, 0.29) is 5.69 Å². The molecule has 0 saturated carbocycles. The summed E-state index contributed by atoms with van der Waals surface area (Å²) in [5, 5.41) is 13.0. The molecular weight excluding hydrogens is 278 g/mol. The van der Waals surface area contributed by atoms with E-state index in [4.69, 9.17) is 5.11 Å². The number of likely N-dealkylation sites (tertiary alicyclic amines) is 1. The summed E-state index contributed by atoms with van der Waals surface area (Å²) in [5.74, 6) is -0.997. The second-order valence-corrected chi connectivity index (χ2v) is 5.88. The molecule has 116 valence electrons. The van der Waals surface area contributed by atoms with E-state index >= 15 is 0 Å². The van der Waals surface area contributed by atoms with Crippen molar-refractivity contribution in [2.75, 3.05) is 13.1 Å². The fraction of sp³-hybridized carbons (Fsp3) is 0.412. The maximum atomic E-state index is 11.0. The highest BCUT2D eigenvalue weighted by Gasteiger charge is 2.13. The number of benzene rings is 1. The van der Waals surface area contributed by atoms with Crippen molar-refractivity contribution in [2.24, 2.45) is 7.05 Å². The van der Waals surface area contributed by atoms with Crippen molar-refractivity contribution in [3.05, 3.63) is 41.6 Å². The van der Waals surface area contributed by atoms with Gasteiger partial charge in [0.1, 0.15) is 0 Å². The van der Waals surface area contributed by atoms with Gasteiger partial charge in [-0.3, -0.25) is 9.58 Å². The number of hydrogen-bond donors (Lipinski definition) is 1. The van der Waals surface area contributed by atoms with Crippen molar-refractivity contribution in [1.82, 2.24) is 14.7 Å². The first kappa shape index (κ1) is 14.8. The van der Waals surface area contributed by atoms with Crippen LogP contribution in [-0.2, 0) is 13.6 Å². The summed E-state index contributed by atoms with van der Waals surface area (Å²) in [6.07, 6.45) is 3.94. The van der Waals surface area contributed by atoms with Crippen molar-refractivity contribution in [2.45, 2.75) is 25.8 Å². The van der Waals surface area contributed by atoms with Gasteiger partial charge in [0, 0.05) is 13.6 Å². The number of carboxylic acid groups (broad SMARTS) is 1. The largest absolute Gasteiger partial charge is 0.476 e. The molecule has 1 fully saturated rings. The zero-order valence-electron chi connectivity index (χ0n) is 12.8. The summed E-state index contributed by atoms with van der Waals surface area (Å²) in [5.41, 5.74) is 3.19. The molecule has 0 unspecified atom stereocenters. The first-order chi connectivity index (χ1) is 10.6. The maximum Gasteiger partial charge on any atom is 0.356 e. The molecule has 1 aliphatic heterocycles. The van der Waals surface area contributed by atoms with E-state index < -0.39 is 5.97 Å². The SMILES string of the molecule is Cn1nc(C(=O)O)cc1-c1ccc(CN2CCCCC2)cc1. The Balaban J connectivity index is 1.74. The van der Waals surface area contributed by atoms with Crippen molar-refractivity contribution >= 4 is 5.97 Å². The van der Waals surface area contributed by atoms with Gasteiger partial charge in [0.15, 0.2) is 5.69 Å². The van der Waals surface area contributed by atoms with Crippen LogP contribution >= 0.6 is 0 Å². The Labute approximate surface area is 130 Å². The van der Waals surface area contributed by atoms with Gasteiger partial charge in [-0.1, -0.05) is 30.7 Å². The van der Waals surface area contributed by atoms with Gasteiger partial charge >= 0.3 is 5.97 Å². The predicted molar refractivity (Wildman–Crippen MR) is 84.7 cm³/mol. The molecule has 3 rings (SSSR count). The van der Waals surface area contributed by atoms with Crippen LogP contribution in [0.5, 0.6) is 0 Å². The molecule has 1 aromatic carbocycles. The molecule has 1 aliphatic rings. The van der Waals surface area contributed by atoms with E-state index in [1.807, 2.05) is 12.1 Å². The molecule has 1 aromatic heterocycles. The third-order valence-corrected chi connectivity index (χ3v) is 4.20. The molecule has 0 amide bonds. The van der Waals surface area contributed by atoms with Crippen molar-refractivity contribution in [1.29, 1.82) is 0 Å². The van der Waals surface area contributed by atoms with Crippen LogP contribution in [0.2, 0.25) is 0 Å². The number of hydrogen-bond acceptors (Lipinski definition) is 3. The topological polar surface area (TPSA) is 58.4 Å². The number of aromatic nitrogens is 2. The molecule has 5 heteroatoms. The van der Waals surface area contributed by atoms with Gasteiger partial charge in [0.25, 0.3) is 0 Å². The molecule has 1 saturated heterocycles. The van der Waals surface area contributed by atoms with Crippen LogP contribution in [0.1, 0.15) is 35.3 Å². The van der Waals surface area contributed by atoms with E-state index in [0.717, 1.165) is 17.8 Å². The van der Waals surface area contributed by atoms with Crippen LogP contribution in [0.3, 0.4) is 0 Å². The molecule has 2 aromatic rings. The van der Waals surface area contributed by atoms with Gasteiger partial charge in [-0.05, 0) is 43.1 Å². The minimum absolute atomic E-state index is 0.0786. The molecule has 0 spiro atoms. The molecule has 0 radical (unpaired) electrons. The Kier molecular flexibility index (Phi) is 4.24. The van der Waals surface area contributed by atoms with E-state index in [2.05, 4.69) is 22.1 Å². The van der Waals surface area contributed by atoms with Gasteiger partial charge in [-0.15, -0.1) is 0 Å². The summed E-state index contributed by atoms with van der Waals surface area (Å²) < 4.78 is 1.61. The molecule has 2 heterocycles. The smallest absolute Gasteiger partial charge is 0.356 e. The number of aromatic carboxylic acids is 1. The number of aryl methyl sites for hydroxylation is 1. The summed E-state index contributed by atoms with van der Waals surface area (Å²) in [4.78, 5) is 13.5. The van der Waals surface area contributed by atoms with Crippen LogP contribution in [0.25, 0.3) is 11.3 Å². The van der Waals surface area contributed by atoms with Gasteiger partial charge in [0.2, 0.25) is 0 Å². The molecule has 0 aliphatic carbocycles. The normalized spacial score (nSPS) is 15.9. The van der Waals surface area contributed by atoms with Crippen LogP contribution in [0.4, 0.5) is 0 Å². The zero-order chi connectivity index (χ0) is 15.5. The lowest BCUT2D eigenvalue weighted by atomic mass is 10.1. The highest BCUT2D eigenvalue weighted by molar-refractivity contribution is 5.87. The minimum Gasteiger partial charge on any atom is -0.476 e. The Hall–Kier alpha value is -2.14. The number of carbonyl (C=O) groups is 1. The minimum atomic E-state index is -0.997. The Bertz CT molecular complexity index is 655. The van der Waals surface area contributed by atoms with Crippen molar-refractivity contribution < 1.29 is 9.90 Å². The fourth-order valence-corrected chi connectivity index (χ4v) is 3.00. The third kappa shape index (κ3) is 3.20. The Morgan fingerprint density at radius 3 is 2.45 bits per heavy atom. The Morgan fingerprint density at radius 1 is 1.18 bits per heavy atom. The van der Waals surface area contributed by atoms with Crippen molar-refractivity contribution in [3.63, 3.8) is 0 Å². The van der Waals surface area contributed by atoms with Gasteiger partial charge in [0.05, 0.1) is 5.69 Å². The average molecular weight is 299 g/mol. The number of nitrogens with zero attached hydrogens (tertiary/aromatic N) is 3. The van der Waals surface area contributed by atoms with Crippen LogP contribution in [-0.4, -0.2) is 38.8 Å². The van der Waals surface area contributed by atoms with Crippen LogP contribution in [0, 0.1) is 0 Å². The predicted octanol–water partition coefficient (Wildman–Crippen LogP) is 2.77. The standard InChI is InChI=1S/C17H21N3O2/c1-19-16(11-15(18-19)17(21)22)14-7-5-13(6-8-14)12-20-9-3-2-4-10-20/h5-8,11H,2-4,9-10,12H2,1H3,(H,21,22). The molecule has 0 atom stereocenters. The van der Waals surface area contributed by atoms with Gasteiger partial charge in [-0.25, -0.2) is 4.79 Å². The fourth-order valence-electron chi connectivity index (χ4n) is 3.00. The monoisotopic (exact) mass is 299 g/mol. The molecular formula is C17H21N3O2. The molecule has 0 bridgehead atoms. The lowest BCUT2D eigenvalue weighted by molar-refractivity contribution is 0.0689. The lowest BCUT2D eigenvalue weighted by Crippen LogP contribution is -2.28. The van der Waals surface area contributed by atoms with Crippen LogP contribution in [0.15, 0.2) is 30.3 Å². The molecule has 5 nitrogen and oxygen atoms in total. The first-order valence-electron chi connectivity index (χ1n) is 7.72. The molecule has 22 heavy (non-hydrogen) atoms. The Morgan fingerprint density at radius 2 is 1.86 bits per heavy atom. The second kappa shape index (κ2) is 6.32.